The largest absolute Gasteiger partial charge is 0.235 e. The maximum atomic E-state index is 12.8. The summed E-state index contributed by atoms with van der Waals surface area (Å²) in [6, 6.07) is 2.04. The van der Waals surface area contributed by atoms with E-state index in [1.807, 2.05) is 0 Å². The molecule has 68 valence electrons. The Morgan fingerprint density at radius 2 is 1.92 bits per heavy atom. The fraction of sp³-hybridized carbons (Fsp3) is 0.125. The number of carbonyl (C=O) groups excluding carboxylic acids is 1. The van der Waals surface area contributed by atoms with Crippen molar-refractivity contribution in [1.29, 1.82) is 0 Å². The molecule has 0 aliphatic rings. The van der Waals surface area contributed by atoms with E-state index in [2.05, 4.69) is 4.99 Å². The highest BCUT2D eigenvalue weighted by Gasteiger charge is 2.07. The molecule has 0 N–H and O–H groups in total. The van der Waals surface area contributed by atoms with Crippen LogP contribution in [0.15, 0.2) is 17.1 Å². The third-order valence-corrected chi connectivity index (χ3v) is 1.73. The predicted octanol–water partition coefficient (Wildman–Crippen LogP) is 2.45. The number of benzene rings is 1. The minimum absolute atomic E-state index is 0.103. The van der Waals surface area contributed by atoms with E-state index in [1.165, 1.54) is 6.08 Å². The first-order valence-electron chi connectivity index (χ1n) is 3.32. The fourth-order valence-corrected chi connectivity index (χ4v) is 0.932. The van der Waals surface area contributed by atoms with Crippen LogP contribution in [0.5, 0.6) is 0 Å². The molecule has 0 amide bonds. The Morgan fingerprint density at radius 3 is 2.38 bits per heavy atom. The first-order chi connectivity index (χ1) is 6.15. The summed E-state index contributed by atoms with van der Waals surface area (Å²) in [5.74, 6) is -1.73. The van der Waals surface area contributed by atoms with E-state index in [-0.39, 0.29) is 12.1 Å². The molecule has 0 radical (unpaired) electrons. The molecule has 0 aliphatic heterocycles. The molecule has 0 aliphatic carbocycles. The van der Waals surface area contributed by atoms with Crippen molar-refractivity contribution < 1.29 is 13.6 Å². The Bertz CT molecular complexity index is 351. The van der Waals surface area contributed by atoms with E-state index >= 15 is 0 Å². The zero-order valence-electron chi connectivity index (χ0n) is 6.35. The number of halogens is 3. The molecule has 0 heterocycles. The Hall–Kier alpha value is -1.25. The average Bonchev–Trinajstić information content (AvgIpc) is 2.10. The van der Waals surface area contributed by atoms with Gasteiger partial charge in [0, 0.05) is 0 Å². The maximum Gasteiger partial charge on any atom is 0.235 e. The second kappa shape index (κ2) is 4.12. The van der Waals surface area contributed by atoms with Crippen molar-refractivity contribution >= 4 is 17.7 Å². The molecular weight excluding hydrogens is 200 g/mol. The molecule has 1 aromatic rings. The van der Waals surface area contributed by atoms with Gasteiger partial charge in [0.15, 0.2) is 0 Å². The number of nitrogens with zero attached hydrogens (tertiary/aromatic N) is 1. The van der Waals surface area contributed by atoms with Crippen LogP contribution in [-0.2, 0) is 11.3 Å². The van der Waals surface area contributed by atoms with Crippen LogP contribution in [0.25, 0.3) is 0 Å². The van der Waals surface area contributed by atoms with Crippen molar-refractivity contribution in [2.75, 3.05) is 0 Å². The lowest BCUT2D eigenvalue weighted by Crippen LogP contribution is -1.89. The highest BCUT2D eigenvalue weighted by atomic mass is 35.5. The van der Waals surface area contributed by atoms with Crippen LogP contribution in [0.1, 0.15) is 5.56 Å². The average molecular weight is 204 g/mol. The van der Waals surface area contributed by atoms with Gasteiger partial charge in [-0.1, -0.05) is 11.6 Å². The van der Waals surface area contributed by atoms with Gasteiger partial charge in [0.2, 0.25) is 6.08 Å². The van der Waals surface area contributed by atoms with Crippen LogP contribution < -0.4 is 0 Å². The Labute approximate surface area is 77.9 Å². The normalized spacial score (nSPS) is 9.46. The van der Waals surface area contributed by atoms with E-state index in [0.29, 0.717) is 0 Å². The van der Waals surface area contributed by atoms with Crippen molar-refractivity contribution in [2.24, 2.45) is 4.99 Å². The zero-order valence-corrected chi connectivity index (χ0v) is 7.11. The lowest BCUT2D eigenvalue weighted by molar-refractivity contribution is 0.561. The van der Waals surface area contributed by atoms with Crippen LogP contribution in [-0.4, -0.2) is 6.08 Å². The lowest BCUT2D eigenvalue weighted by atomic mass is 10.2. The van der Waals surface area contributed by atoms with Gasteiger partial charge >= 0.3 is 0 Å². The van der Waals surface area contributed by atoms with Crippen LogP contribution in [0, 0.1) is 11.6 Å². The van der Waals surface area contributed by atoms with Crippen molar-refractivity contribution in [3.8, 4) is 0 Å². The first-order valence-corrected chi connectivity index (χ1v) is 3.70. The summed E-state index contributed by atoms with van der Waals surface area (Å²) in [6.45, 7) is -0.103. The third-order valence-electron chi connectivity index (χ3n) is 1.37. The first kappa shape index (κ1) is 9.84. The molecule has 13 heavy (non-hydrogen) atoms. The predicted molar refractivity (Wildman–Crippen MR) is 43.2 cm³/mol. The summed E-state index contributed by atoms with van der Waals surface area (Å²) in [5.41, 5.74) is 0.239. The minimum Gasteiger partial charge on any atom is -0.211 e. The molecule has 0 aromatic heterocycles. The van der Waals surface area contributed by atoms with Gasteiger partial charge in [0.25, 0.3) is 0 Å². The minimum atomic E-state index is -0.863. The van der Waals surface area contributed by atoms with E-state index < -0.39 is 16.7 Å². The molecule has 1 aromatic carbocycles. The highest BCUT2D eigenvalue weighted by Crippen LogP contribution is 2.20. The summed E-state index contributed by atoms with van der Waals surface area (Å²) in [6.07, 6.45) is 1.27. The highest BCUT2D eigenvalue weighted by molar-refractivity contribution is 6.30. The van der Waals surface area contributed by atoms with Crippen LogP contribution in [0.3, 0.4) is 0 Å². The van der Waals surface area contributed by atoms with Crippen molar-refractivity contribution in [2.45, 2.75) is 6.54 Å². The summed E-state index contributed by atoms with van der Waals surface area (Å²) in [4.78, 5) is 12.9. The van der Waals surface area contributed by atoms with Crippen LogP contribution >= 0.6 is 11.6 Å². The molecule has 0 saturated carbocycles. The van der Waals surface area contributed by atoms with Gasteiger partial charge in [0.1, 0.15) is 16.7 Å². The van der Waals surface area contributed by atoms with Gasteiger partial charge in [-0.3, -0.25) is 0 Å². The maximum absolute atomic E-state index is 12.8. The van der Waals surface area contributed by atoms with E-state index in [4.69, 9.17) is 11.6 Å². The molecule has 0 unspecified atom stereocenters. The van der Waals surface area contributed by atoms with Gasteiger partial charge in [-0.15, -0.1) is 0 Å². The standard InChI is InChI=1S/C8H4ClF2NO/c9-8-6(10)1-5(2-7(8)11)3-12-4-13/h1-2H,3H2. The molecule has 0 atom stereocenters. The molecule has 5 heteroatoms. The molecule has 0 bridgehead atoms. The summed E-state index contributed by atoms with van der Waals surface area (Å²) >= 11 is 5.23. The number of isocyanates is 1. The summed E-state index contributed by atoms with van der Waals surface area (Å²) < 4.78 is 25.5. The van der Waals surface area contributed by atoms with Gasteiger partial charge in [-0.2, -0.15) is 0 Å². The van der Waals surface area contributed by atoms with Crippen molar-refractivity contribution in [3.05, 3.63) is 34.4 Å². The van der Waals surface area contributed by atoms with Crippen molar-refractivity contribution in [3.63, 3.8) is 0 Å². The molecular formula is C8H4ClF2NO. The van der Waals surface area contributed by atoms with Gasteiger partial charge in [-0.05, 0) is 17.7 Å². The molecule has 0 fully saturated rings. The Morgan fingerprint density at radius 1 is 1.38 bits per heavy atom. The summed E-state index contributed by atoms with van der Waals surface area (Å²) in [5, 5.41) is -0.557. The van der Waals surface area contributed by atoms with Gasteiger partial charge in [0.05, 0.1) is 6.54 Å². The number of aliphatic imine (C=N–C) groups is 1. The van der Waals surface area contributed by atoms with E-state index in [9.17, 15) is 13.6 Å². The monoisotopic (exact) mass is 203 g/mol. The Balaban J connectivity index is 3.05. The summed E-state index contributed by atoms with van der Waals surface area (Å²) in [7, 11) is 0. The quantitative estimate of drug-likeness (QED) is 0.412. The SMILES string of the molecule is O=C=NCc1cc(F)c(Cl)c(F)c1. The molecule has 0 spiro atoms. The third kappa shape index (κ3) is 2.34. The van der Waals surface area contributed by atoms with Crippen molar-refractivity contribution in [1.82, 2.24) is 0 Å². The number of rotatable bonds is 2. The number of hydrogen-bond donors (Lipinski definition) is 0. The van der Waals surface area contributed by atoms with Gasteiger partial charge in [-0.25, -0.2) is 18.6 Å². The zero-order chi connectivity index (χ0) is 9.84. The van der Waals surface area contributed by atoms with Crippen LogP contribution in [0.2, 0.25) is 5.02 Å². The molecule has 2 nitrogen and oxygen atoms in total. The molecule has 1 rings (SSSR count). The smallest absolute Gasteiger partial charge is 0.211 e. The lowest BCUT2D eigenvalue weighted by Gasteiger charge is -1.99. The van der Waals surface area contributed by atoms with E-state index in [1.54, 1.807) is 0 Å². The number of hydrogen-bond acceptors (Lipinski definition) is 2. The van der Waals surface area contributed by atoms with Crippen LogP contribution in [0.4, 0.5) is 8.78 Å². The second-order valence-electron chi connectivity index (χ2n) is 2.28. The topological polar surface area (TPSA) is 29.4 Å². The fourth-order valence-electron chi connectivity index (χ4n) is 0.823. The Kier molecular flexibility index (Phi) is 3.12. The van der Waals surface area contributed by atoms with E-state index in [0.717, 1.165) is 12.1 Å². The van der Waals surface area contributed by atoms with Gasteiger partial charge < -0.3 is 0 Å². The molecule has 0 saturated heterocycles. The second-order valence-corrected chi connectivity index (χ2v) is 2.66.